The number of amides is 1. The van der Waals surface area contributed by atoms with Gasteiger partial charge in [-0.15, -0.1) is 12.4 Å². The van der Waals surface area contributed by atoms with Crippen LogP contribution in [-0.2, 0) is 11.2 Å². The molecule has 1 aliphatic rings. The maximum Gasteiger partial charge on any atom is 0.269 e. The van der Waals surface area contributed by atoms with E-state index < -0.39 is 4.92 Å². The van der Waals surface area contributed by atoms with Gasteiger partial charge in [-0.1, -0.05) is 12.1 Å². The molecule has 0 unspecified atom stereocenters. The van der Waals surface area contributed by atoms with Gasteiger partial charge in [-0.25, -0.2) is 0 Å². The second kappa shape index (κ2) is 7.21. The molecule has 1 amide bonds. The van der Waals surface area contributed by atoms with Gasteiger partial charge in [-0.05, 0) is 12.5 Å². The zero-order valence-corrected chi connectivity index (χ0v) is 12.1. The van der Waals surface area contributed by atoms with Crippen molar-refractivity contribution in [3.05, 3.63) is 39.9 Å². The van der Waals surface area contributed by atoms with E-state index in [1.807, 2.05) is 11.8 Å². The number of carbonyl (C=O) groups excluding carboxylic acids is 1. The van der Waals surface area contributed by atoms with E-state index in [4.69, 9.17) is 0 Å². The van der Waals surface area contributed by atoms with Crippen molar-refractivity contribution in [3.63, 3.8) is 0 Å². The molecule has 1 heterocycles. The number of nitrogens with zero attached hydrogens (tertiary/aromatic N) is 2. The molecule has 110 valence electrons. The number of hydrogen-bond donors (Lipinski definition) is 1. The molecule has 1 aromatic carbocycles. The highest BCUT2D eigenvalue weighted by Crippen LogP contribution is 2.14. The summed E-state index contributed by atoms with van der Waals surface area (Å²) >= 11 is 0. The minimum Gasteiger partial charge on any atom is -0.337 e. The average molecular weight is 300 g/mol. The van der Waals surface area contributed by atoms with Gasteiger partial charge in [0.25, 0.3) is 5.69 Å². The largest absolute Gasteiger partial charge is 0.337 e. The van der Waals surface area contributed by atoms with Gasteiger partial charge in [0.1, 0.15) is 0 Å². The van der Waals surface area contributed by atoms with E-state index >= 15 is 0 Å². The number of halogens is 1. The van der Waals surface area contributed by atoms with E-state index in [1.165, 1.54) is 12.1 Å². The number of nitrogens with one attached hydrogen (secondary N) is 1. The molecule has 1 N–H and O–H groups in total. The van der Waals surface area contributed by atoms with Crippen molar-refractivity contribution in [2.75, 3.05) is 19.6 Å². The topological polar surface area (TPSA) is 75.5 Å². The number of benzene rings is 1. The lowest BCUT2D eigenvalue weighted by Gasteiger charge is -2.34. The predicted octanol–water partition coefficient (Wildman–Crippen LogP) is 1.38. The lowest BCUT2D eigenvalue weighted by atomic mass is 10.1. The summed E-state index contributed by atoms with van der Waals surface area (Å²) in [5.41, 5.74) is 0.855. The molecule has 0 aromatic heterocycles. The molecule has 20 heavy (non-hydrogen) atoms. The highest BCUT2D eigenvalue weighted by molar-refractivity contribution is 5.85. The molecule has 0 radical (unpaired) electrons. The minimum atomic E-state index is -0.440. The first-order valence-corrected chi connectivity index (χ1v) is 6.31. The number of rotatable bonds is 3. The normalized spacial score (nSPS) is 18.2. The number of nitro benzene ring substituents is 1. The summed E-state index contributed by atoms with van der Waals surface area (Å²) in [7, 11) is 0. The molecule has 0 spiro atoms. The van der Waals surface area contributed by atoms with Crippen LogP contribution in [0, 0.1) is 10.1 Å². The van der Waals surface area contributed by atoms with Gasteiger partial charge in [0.2, 0.25) is 5.91 Å². The zero-order valence-electron chi connectivity index (χ0n) is 11.2. The molecule has 1 fully saturated rings. The van der Waals surface area contributed by atoms with Crippen LogP contribution in [0.25, 0.3) is 0 Å². The average Bonchev–Trinajstić information content (AvgIpc) is 2.39. The molecule has 1 aliphatic heterocycles. The van der Waals surface area contributed by atoms with Crippen LogP contribution in [0.15, 0.2) is 24.3 Å². The Bertz CT molecular complexity index is 478. The van der Waals surface area contributed by atoms with Gasteiger partial charge >= 0.3 is 0 Å². The summed E-state index contributed by atoms with van der Waals surface area (Å²) in [6, 6.07) is 6.35. The van der Waals surface area contributed by atoms with Gasteiger partial charge in [0.15, 0.2) is 0 Å². The molecule has 1 atom stereocenters. The molecule has 0 saturated carbocycles. The van der Waals surface area contributed by atoms with E-state index in [0.717, 1.165) is 18.7 Å². The number of nitro groups is 1. The van der Waals surface area contributed by atoms with E-state index in [-0.39, 0.29) is 30.0 Å². The van der Waals surface area contributed by atoms with Crippen LogP contribution in [0.2, 0.25) is 0 Å². The van der Waals surface area contributed by atoms with Crippen LogP contribution >= 0.6 is 12.4 Å². The van der Waals surface area contributed by atoms with Crippen LogP contribution in [0.5, 0.6) is 0 Å². The van der Waals surface area contributed by atoms with Crippen molar-refractivity contribution >= 4 is 24.0 Å². The van der Waals surface area contributed by atoms with Gasteiger partial charge < -0.3 is 10.2 Å². The van der Waals surface area contributed by atoms with Crippen molar-refractivity contribution in [1.29, 1.82) is 0 Å². The van der Waals surface area contributed by atoms with Gasteiger partial charge in [0, 0.05) is 37.8 Å². The monoisotopic (exact) mass is 299 g/mol. The third-order valence-electron chi connectivity index (χ3n) is 3.32. The summed E-state index contributed by atoms with van der Waals surface area (Å²) < 4.78 is 0. The number of non-ortho nitro benzene ring substituents is 1. The number of hydrogen-bond acceptors (Lipinski definition) is 4. The van der Waals surface area contributed by atoms with E-state index in [0.29, 0.717) is 13.0 Å². The lowest BCUT2D eigenvalue weighted by molar-refractivity contribution is -0.384. The Morgan fingerprint density at radius 3 is 2.65 bits per heavy atom. The molecule has 0 bridgehead atoms. The molecular formula is C13H18ClN3O3. The van der Waals surface area contributed by atoms with Crippen molar-refractivity contribution < 1.29 is 9.72 Å². The molecule has 1 aromatic rings. The highest BCUT2D eigenvalue weighted by atomic mass is 35.5. The van der Waals surface area contributed by atoms with E-state index in [9.17, 15) is 14.9 Å². The Morgan fingerprint density at radius 1 is 1.45 bits per heavy atom. The van der Waals surface area contributed by atoms with Crippen molar-refractivity contribution in [2.24, 2.45) is 0 Å². The molecule has 0 aliphatic carbocycles. The van der Waals surface area contributed by atoms with Gasteiger partial charge in [-0.3, -0.25) is 14.9 Å². The second-order valence-electron chi connectivity index (χ2n) is 4.74. The van der Waals surface area contributed by atoms with Crippen LogP contribution in [-0.4, -0.2) is 41.4 Å². The molecular weight excluding hydrogens is 282 g/mol. The summed E-state index contributed by atoms with van der Waals surface area (Å²) in [5.74, 6) is 0.0721. The maximum atomic E-state index is 12.2. The standard InChI is InChI=1S/C13H17N3O3.ClH/c1-10-9-14-6-7-15(10)13(17)8-11-2-4-12(5-3-11)16(18)19;/h2-5,10,14H,6-9H2,1H3;1H/t10-;/m0./s1. The number of piperazine rings is 1. The summed E-state index contributed by atoms with van der Waals surface area (Å²) in [6.45, 7) is 4.36. The SMILES string of the molecule is C[C@H]1CNCCN1C(=O)Cc1ccc([N+](=O)[O-])cc1.Cl. The van der Waals surface area contributed by atoms with Crippen LogP contribution in [0.1, 0.15) is 12.5 Å². The fraction of sp³-hybridized carbons (Fsp3) is 0.462. The van der Waals surface area contributed by atoms with E-state index in [2.05, 4.69) is 5.32 Å². The maximum absolute atomic E-state index is 12.2. The first-order chi connectivity index (χ1) is 9.08. The summed E-state index contributed by atoms with van der Waals surface area (Å²) in [4.78, 5) is 24.1. The Morgan fingerprint density at radius 2 is 2.10 bits per heavy atom. The molecule has 1 saturated heterocycles. The van der Waals surface area contributed by atoms with E-state index in [1.54, 1.807) is 12.1 Å². The van der Waals surface area contributed by atoms with Crippen LogP contribution in [0.4, 0.5) is 5.69 Å². The first kappa shape index (κ1) is 16.4. The van der Waals surface area contributed by atoms with Crippen molar-refractivity contribution in [3.8, 4) is 0 Å². The quantitative estimate of drug-likeness (QED) is 0.676. The Hall–Kier alpha value is -1.66. The fourth-order valence-corrected chi connectivity index (χ4v) is 2.22. The Labute approximate surface area is 123 Å². The summed E-state index contributed by atoms with van der Waals surface area (Å²) in [6.07, 6.45) is 0.294. The lowest BCUT2D eigenvalue weighted by Crippen LogP contribution is -2.52. The van der Waals surface area contributed by atoms with Crippen LogP contribution < -0.4 is 5.32 Å². The fourth-order valence-electron chi connectivity index (χ4n) is 2.22. The van der Waals surface area contributed by atoms with Crippen molar-refractivity contribution in [1.82, 2.24) is 10.2 Å². The van der Waals surface area contributed by atoms with Gasteiger partial charge in [-0.2, -0.15) is 0 Å². The Kier molecular flexibility index (Phi) is 5.91. The third kappa shape index (κ3) is 3.91. The van der Waals surface area contributed by atoms with Crippen LogP contribution in [0.3, 0.4) is 0 Å². The second-order valence-corrected chi connectivity index (χ2v) is 4.74. The van der Waals surface area contributed by atoms with Crippen molar-refractivity contribution in [2.45, 2.75) is 19.4 Å². The molecule has 6 nitrogen and oxygen atoms in total. The minimum absolute atomic E-state index is 0. The third-order valence-corrected chi connectivity index (χ3v) is 3.32. The smallest absolute Gasteiger partial charge is 0.269 e. The molecule has 7 heteroatoms. The predicted molar refractivity (Wildman–Crippen MR) is 78.1 cm³/mol. The Balaban J connectivity index is 0.00000200. The number of carbonyl (C=O) groups is 1. The zero-order chi connectivity index (χ0) is 13.8. The first-order valence-electron chi connectivity index (χ1n) is 6.31. The summed E-state index contributed by atoms with van der Waals surface area (Å²) in [5, 5.41) is 13.8. The molecule has 2 rings (SSSR count). The van der Waals surface area contributed by atoms with Gasteiger partial charge in [0.05, 0.1) is 11.3 Å². The highest BCUT2D eigenvalue weighted by Gasteiger charge is 2.22.